The minimum Gasteiger partial charge on any atom is -0.299 e. The number of benzene rings is 2. The van der Waals surface area contributed by atoms with E-state index in [4.69, 9.17) is 0 Å². The average Bonchev–Trinajstić information content (AvgIpc) is 2.46. The van der Waals surface area contributed by atoms with Gasteiger partial charge in [0.2, 0.25) is 0 Å². The van der Waals surface area contributed by atoms with Gasteiger partial charge in [-0.15, -0.1) is 0 Å². The molecule has 0 heterocycles. The van der Waals surface area contributed by atoms with Crippen molar-refractivity contribution in [3.63, 3.8) is 0 Å². The summed E-state index contributed by atoms with van der Waals surface area (Å²) in [6.45, 7) is 2.84. The SMILES string of the molecule is CC(=O)C(C(C)=O)[C@@H](c1ccccc1)c1ccc(F)cc1. The van der Waals surface area contributed by atoms with Crippen molar-refractivity contribution in [1.82, 2.24) is 0 Å². The lowest BCUT2D eigenvalue weighted by atomic mass is 9.77. The van der Waals surface area contributed by atoms with Crippen LogP contribution < -0.4 is 0 Å². The van der Waals surface area contributed by atoms with Crippen LogP contribution in [-0.2, 0) is 9.59 Å². The smallest absolute Gasteiger partial charge is 0.141 e. The Labute approximate surface area is 123 Å². The van der Waals surface area contributed by atoms with E-state index in [0.29, 0.717) is 0 Å². The van der Waals surface area contributed by atoms with Gasteiger partial charge in [0.05, 0.1) is 5.92 Å². The van der Waals surface area contributed by atoms with Crippen molar-refractivity contribution in [2.45, 2.75) is 19.8 Å². The maximum absolute atomic E-state index is 13.1. The Morgan fingerprint density at radius 2 is 1.29 bits per heavy atom. The van der Waals surface area contributed by atoms with Crippen LogP contribution in [0.25, 0.3) is 0 Å². The van der Waals surface area contributed by atoms with E-state index in [1.54, 1.807) is 12.1 Å². The predicted octanol–water partition coefficient (Wildman–Crippen LogP) is 3.75. The molecular formula is C18H17FO2. The van der Waals surface area contributed by atoms with Crippen LogP contribution in [0.2, 0.25) is 0 Å². The van der Waals surface area contributed by atoms with Crippen LogP contribution in [0.5, 0.6) is 0 Å². The van der Waals surface area contributed by atoms with Crippen molar-refractivity contribution in [2.24, 2.45) is 5.92 Å². The van der Waals surface area contributed by atoms with Crippen LogP contribution in [0.1, 0.15) is 30.9 Å². The molecule has 0 fully saturated rings. The summed E-state index contributed by atoms with van der Waals surface area (Å²) >= 11 is 0. The first kappa shape index (κ1) is 15.1. The van der Waals surface area contributed by atoms with Gasteiger partial charge in [-0.05, 0) is 37.1 Å². The lowest BCUT2D eigenvalue weighted by molar-refractivity contribution is -0.130. The lowest BCUT2D eigenvalue weighted by Crippen LogP contribution is -2.27. The number of rotatable bonds is 5. The van der Waals surface area contributed by atoms with E-state index < -0.39 is 5.92 Å². The summed E-state index contributed by atoms with van der Waals surface area (Å²) in [5, 5.41) is 0. The van der Waals surface area contributed by atoms with E-state index in [-0.39, 0.29) is 23.3 Å². The number of carbonyl (C=O) groups is 2. The van der Waals surface area contributed by atoms with Crippen molar-refractivity contribution < 1.29 is 14.0 Å². The summed E-state index contributed by atoms with van der Waals surface area (Å²) in [5.74, 6) is -1.84. The van der Waals surface area contributed by atoms with Gasteiger partial charge in [0.1, 0.15) is 17.4 Å². The highest BCUT2D eigenvalue weighted by Gasteiger charge is 2.32. The first-order valence-electron chi connectivity index (χ1n) is 6.82. The average molecular weight is 284 g/mol. The van der Waals surface area contributed by atoms with Crippen molar-refractivity contribution in [3.8, 4) is 0 Å². The Bertz CT molecular complexity index is 618. The summed E-state index contributed by atoms with van der Waals surface area (Å²) in [5.41, 5.74) is 1.64. The molecule has 0 radical (unpaired) electrons. The topological polar surface area (TPSA) is 34.1 Å². The van der Waals surface area contributed by atoms with E-state index in [1.165, 1.54) is 26.0 Å². The van der Waals surface area contributed by atoms with Crippen molar-refractivity contribution in [1.29, 1.82) is 0 Å². The molecule has 0 spiro atoms. The van der Waals surface area contributed by atoms with Gasteiger partial charge in [0.25, 0.3) is 0 Å². The zero-order chi connectivity index (χ0) is 15.4. The molecule has 2 aromatic carbocycles. The van der Waals surface area contributed by atoms with Gasteiger partial charge in [0, 0.05) is 5.92 Å². The second-order valence-corrected chi connectivity index (χ2v) is 5.14. The first-order valence-corrected chi connectivity index (χ1v) is 6.82. The molecule has 0 N–H and O–H groups in total. The number of halogens is 1. The molecule has 0 aliphatic heterocycles. The lowest BCUT2D eigenvalue weighted by Gasteiger charge is -2.24. The van der Waals surface area contributed by atoms with Gasteiger partial charge in [-0.3, -0.25) is 9.59 Å². The van der Waals surface area contributed by atoms with Gasteiger partial charge in [0.15, 0.2) is 0 Å². The number of hydrogen-bond acceptors (Lipinski definition) is 2. The molecule has 2 aromatic rings. The van der Waals surface area contributed by atoms with Crippen LogP contribution >= 0.6 is 0 Å². The van der Waals surface area contributed by atoms with Crippen LogP contribution in [0.3, 0.4) is 0 Å². The van der Waals surface area contributed by atoms with Gasteiger partial charge in [-0.25, -0.2) is 4.39 Å². The highest BCUT2D eigenvalue weighted by Crippen LogP contribution is 2.33. The van der Waals surface area contributed by atoms with Crippen LogP contribution in [0.4, 0.5) is 4.39 Å². The molecule has 0 aliphatic carbocycles. The molecule has 2 nitrogen and oxygen atoms in total. The highest BCUT2D eigenvalue weighted by atomic mass is 19.1. The van der Waals surface area contributed by atoms with Gasteiger partial charge in [-0.2, -0.15) is 0 Å². The van der Waals surface area contributed by atoms with Gasteiger partial charge >= 0.3 is 0 Å². The molecule has 3 heteroatoms. The summed E-state index contributed by atoms with van der Waals surface area (Å²) in [6, 6.07) is 15.3. The number of ketones is 2. The number of hydrogen-bond donors (Lipinski definition) is 0. The Balaban J connectivity index is 2.56. The standard InChI is InChI=1S/C18H17FO2/c1-12(20)17(13(2)21)18(14-6-4-3-5-7-14)15-8-10-16(19)11-9-15/h3-11,17-18H,1-2H3/t18-/m0/s1. The summed E-state index contributed by atoms with van der Waals surface area (Å²) in [7, 11) is 0. The van der Waals surface area contributed by atoms with E-state index in [2.05, 4.69) is 0 Å². The third kappa shape index (κ3) is 3.43. The Kier molecular flexibility index (Phi) is 4.63. The largest absolute Gasteiger partial charge is 0.299 e. The van der Waals surface area contributed by atoms with Gasteiger partial charge < -0.3 is 0 Å². The second kappa shape index (κ2) is 6.44. The minimum atomic E-state index is -0.752. The van der Waals surface area contributed by atoms with Crippen molar-refractivity contribution >= 4 is 11.6 Å². The summed E-state index contributed by atoms with van der Waals surface area (Å²) in [6.07, 6.45) is 0. The number of Topliss-reactive ketones (excluding diaryl/α,β-unsaturated/α-hetero) is 2. The van der Waals surface area contributed by atoms with Crippen molar-refractivity contribution in [2.75, 3.05) is 0 Å². The molecule has 21 heavy (non-hydrogen) atoms. The van der Waals surface area contributed by atoms with E-state index in [9.17, 15) is 14.0 Å². The molecule has 0 saturated carbocycles. The molecule has 0 bridgehead atoms. The minimum absolute atomic E-state index is 0.180. The summed E-state index contributed by atoms with van der Waals surface area (Å²) < 4.78 is 13.1. The third-order valence-corrected chi connectivity index (χ3v) is 3.60. The summed E-state index contributed by atoms with van der Waals surface area (Å²) in [4.78, 5) is 23.9. The maximum Gasteiger partial charge on any atom is 0.141 e. The van der Waals surface area contributed by atoms with E-state index in [0.717, 1.165) is 11.1 Å². The molecule has 0 aliphatic rings. The molecule has 1 atom stereocenters. The molecule has 108 valence electrons. The normalized spacial score (nSPS) is 12.2. The van der Waals surface area contributed by atoms with Crippen LogP contribution in [0, 0.1) is 11.7 Å². The predicted molar refractivity (Wildman–Crippen MR) is 79.5 cm³/mol. The van der Waals surface area contributed by atoms with Crippen LogP contribution in [-0.4, -0.2) is 11.6 Å². The fraction of sp³-hybridized carbons (Fsp3) is 0.222. The molecular weight excluding hydrogens is 267 g/mol. The maximum atomic E-state index is 13.1. The van der Waals surface area contributed by atoms with E-state index >= 15 is 0 Å². The fourth-order valence-corrected chi connectivity index (χ4v) is 2.66. The quantitative estimate of drug-likeness (QED) is 0.784. The highest BCUT2D eigenvalue weighted by molar-refractivity contribution is 6.01. The molecule has 0 saturated heterocycles. The zero-order valence-electron chi connectivity index (χ0n) is 12.0. The molecule has 0 aromatic heterocycles. The number of carbonyl (C=O) groups excluding carboxylic acids is 2. The van der Waals surface area contributed by atoms with Crippen molar-refractivity contribution in [3.05, 3.63) is 71.5 Å². The Morgan fingerprint density at radius 1 is 0.810 bits per heavy atom. The Morgan fingerprint density at radius 3 is 1.76 bits per heavy atom. The molecule has 0 unspecified atom stereocenters. The monoisotopic (exact) mass is 284 g/mol. The third-order valence-electron chi connectivity index (χ3n) is 3.60. The zero-order valence-corrected chi connectivity index (χ0v) is 12.0. The van der Waals surface area contributed by atoms with Crippen LogP contribution in [0.15, 0.2) is 54.6 Å². The fourth-order valence-electron chi connectivity index (χ4n) is 2.66. The van der Waals surface area contributed by atoms with Gasteiger partial charge in [-0.1, -0.05) is 42.5 Å². The molecule has 0 amide bonds. The molecule has 2 rings (SSSR count). The Hall–Kier alpha value is -2.29. The van der Waals surface area contributed by atoms with E-state index in [1.807, 2.05) is 30.3 Å². The first-order chi connectivity index (χ1) is 10.0. The second-order valence-electron chi connectivity index (χ2n) is 5.14.